The Morgan fingerprint density at radius 1 is 1.02 bits per heavy atom. The van der Waals surface area contributed by atoms with E-state index in [0.717, 1.165) is 44.1 Å². The maximum Gasteiger partial charge on any atom is 0.246 e. The molecule has 0 radical (unpaired) electrons. The Balaban J connectivity index is 1.23. The van der Waals surface area contributed by atoms with Crippen molar-refractivity contribution in [2.75, 3.05) is 54.6 Å². The zero-order valence-corrected chi connectivity index (χ0v) is 26.6. The summed E-state index contributed by atoms with van der Waals surface area (Å²) in [6.07, 6.45) is 6.36. The van der Waals surface area contributed by atoms with Crippen LogP contribution in [0.2, 0.25) is 0 Å². The molecule has 4 rings (SSSR count). The largest absolute Gasteiger partial charge is 0.493 e. The van der Waals surface area contributed by atoms with Gasteiger partial charge in [0.1, 0.15) is 12.4 Å². The fourth-order valence-electron chi connectivity index (χ4n) is 6.56. The van der Waals surface area contributed by atoms with Crippen LogP contribution in [0.5, 0.6) is 11.5 Å². The third-order valence-electron chi connectivity index (χ3n) is 8.75. The number of amides is 1. The minimum Gasteiger partial charge on any atom is -0.493 e. The zero-order chi connectivity index (χ0) is 31.0. The van der Waals surface area contributed by atoms with Crippen LogP contribution < -0.4 is 14.8 Å². The minimum atomic E-state index is -3.78. The van der Waals surface area contributed by atoms with Crippen molar-refractivity contribution >= 4 is 15.9 Å². The summed E-state index contributed by atoms with van der Waals surface area (Å²) in [6.45, 7) is 1.02. The maximum atomic E-state index is 13.9. The van der Waals surface area contributed by atoms with Gasteiger partial charge in [-0.25, -0.2) is 12.8 Å². The number of carbonyl (C=O) groups excluding carboxylic acids is 1. The van der Waals surface area contributed by atoms with Crippen LogP contribution in [0.3, 0.4) is 0 Å². The van der Waals surface area contributed by atoms with Gasteiger partial charge in [0.2, 0.25) is 15.9 Å². The van der Waals surface area contributed by atoms with Gasteiger partial charge in [0.05, 0.1) is 25.7 Å². The van der Waals surface area contributed by atoms with Crippen LogP contribution in [0.4, 0.5) is 4.39 Å². The average molecular weight is 620 g/mol. The Bertz CT molecular complexity index is 1320. The zero-order valence-electron chi connectivity index (χ0n) is 25.8. The maximum absolute atomic E-state index is 13.9. The van der Waals surface area contributed by atoms with Crippen molar-refractivity contribution in [1.82, 2.24) is 14.5 Å². The molecule has 1 N–H and O–H groups in total. The number of benzene rings is 2. The summed E-state index contributed by atoms with van der Waals surface area (Å²) in [5, 5.41) is 3.01. The van der Waals surface area contributed by atoms with Crippen LogP contribution in [0.25, 0.3) is 0 Å². The lowest BCUT2D eigenvalue weighted by molar-refractivity contribution is -0.126. The average Bonchev–Trinajstić information content (AvgIpc) is 3.00. The molecule has 0 bridgehead atoms. The smallest absolute Gasteiger partial charge is 0.246 e. The number of piperidine rings is 1. The SMILES string of the molecule is COc1ccc(S(=O)(=O)N2CCCCC2COCC(=O)NCC2CCC(C(c3cccc(F)c3)N(C)C)CC2)cc1OC. The number of hydrogen-bond acceptors (Lipinski definition) is 7. The van der Waals surface area contributed by atoms with E-state index in [1.807, 2.05) is 20.2 Å². The molecule has 2 fully saturated rings. The molecule has 2 aliphatic rings. The van der Waals surface area contributed by atoms with Crippen molar-refractivity contribution < 1.29 is 31.8 Å². The predicted octanol–water partition coefficient (Wildman–Crippen LogP) is 4.63. The first-order valence-corrected chi connectivity index (χ1v) is 16.6. The van der Waals surface area contributed by atoms with E-state index in [2.05, 4.69) is 10.2 Å². The van der Waals surface area contributed by atoms with Gasteiger partial charge in [-0.15, -0.1) is 0 Å². The quantitative estimate of drug-likeness (QED) is 0.349. The molecule has 9 nitrogen and oxygen atoms in total. The third kappa shape index (κ3) is 8.47. The highest BCUT2D eigenvalue weighted by molar-refractivity contribution is 7.89. The van der Waals surface area contributed by atoms with Crippen molar-refractivity contribution in [2.24, 2.45) is 11.8 Å². The molecule has 1 saturated heterocycles. The summed E-state index contributed by atoms with van der Waals surface area (Å²) in [4.78, 5) is 14.9. The molecule has 1 amide bonds. The molecule has 43 heavy (non-hydrogen) atoms. The van der Waals surface area contributed by atoms with Crippen LogP contribution in [0.1, 0.15) is 56.6 Å². The Morgan fingerprint density at radius 2 is 1.77 bits per heavy atom. The Morgan fingerprint density at radius 3 is 2.44 bits per heavy atom. The third-order valence-corrected chi connectivity index (χ3v) is 10.7. The van der Waals surface area contributed by atoms with Crippen molar-refractivity contribution in [3.8, 4) is 11.5 Å². The van der Waals surface area contributed by atoms with Gasteiger partial charge >= 0.3 is 0 Å². The first-order chi connectivity index (χ1) is 20.6. The van der Waals surface area contributed by atoms with E-state index < -0.39 is 10.0 Å². The predicted molar refractivity (Wildman–Crippen MR) is 163 cm³/mol. The normalized spacial score (nSPS) is 22.2. The Labute approximate surface area is 255 Å². The highest BCUT2D eigenvalue weighted by Gasteiger charge is 2.34. The molecule has 11 heteroatoms. The van der Waals surface area contributed by atoms with Crippen molar-refractivity contribution in [3.05, 3.63) is 53.8 Å². The van der Waals surface area contributed by atoms with Crippen LogP contribution in [0, 0.1) is 17.7 Å². The highest BCUT2D eigenvalue weighted by atomic mass is 32.2. The first kappa shape index (κ1) is 33.2. The molecule has 2 unspecified atom stereocenters. The van der Waals surface area contributed by atoms with Gasteiger partial charge in [0.25, 0.3) is 0 Å². The van der Waals surface area contributed by atoms with Crippen LogP contribution in [0.15, 0.2) is 47.4 Å². The molecule has 2 aromatic rings. The summed E-state index contributed by atoms with van der Waals surface area (Å²) in [7, 11) is 3.27. The molecule has 1 heterocycles. The lowest BCUT2D eigenvalue weighted by Crippen LogP contribution is -2.46. The summed E-state index contributed by atoms with van der Waals surface area (Å²) in [5.74, 6) is 1.22. The summed E-state index contributed by atoms with van der Waals surface area (Å²) in [6, 6.07) is 11.3. The monoisotopic (exact) mass is 619 g/mol. The first-order valence-electron chi connectivity index (χ1n) is 15.1. The van der Waals surface area contributed by atoms with Crippen molar-refractivity contribution in [3.63, 3.8) is 0 Å². The number of nitrogens with one attached hydrogen (secondary N) is 1. The molecule has 1 aliphatic heterocycles. The van der Waals surface area contributed by atoms with E-state index in [1.54, 1.807) is 18.2 Å². The van der Waals surface area contributed by atoms with Gasteiger partial charge in [-0.1, -0.05) is 18.6 Å². The van der Waals surface area contributed by atoms with Crippen LogP contribution >= 0.6 is 0 Å². The molecule has 1 aliphatic carbocycles. The Kier molecular flexibility index (Phi) is 11.8. The molecular weight excluding hydrogens is 573 g/mol. The fourth-order valence-corrected chi connectivity index (χ4v) is 8.25. The lowest BCUT2D eigenvalue weighted by atomic mass is 9.76. The highest BCUT2D eigenvalue weighted by Crippen LogP contribution is 2.39. The standard InChI is InChI=1S/C32H46FN3O6S/c1-35(2)32(25-8-7-9-26(33)18-25)24-13-11-23(12-14-24)20-34-31(37)22-42-21-27-10-5-6-17-36(27)43(38,39)28-15-16-29(40-3)30(19-28)41-4/h7-9,15-16,18-19,23-24,27,32H,5-6,10-14,17,20-22H2,1-4H3,(H,34,37). The fraction of sp³-hybridized carbons (Fsp3) is 0.594. The number of halogens is 1. The number of sulfonamides is 1. The number of nitrogens with zero attached hydrogens (tertiary/aromatic N) is 2. The topological polar surface area (TPSA) is 97.4 Å². The van der Waals surface area contributed by atoms with Crippen molar-refractivity contribution in [1.29, 1.82) is 0 Å². The van der Waals surface area contributed by atoms with E-state index in [4.69, 9.17) is 14.2 Å². The second-order valence-corrected chi connectivity index (χ2v) is 13.7. The molecule has 2 atom stereocenters. The molecule has 0 spiro atoms. The molecule has 2 aromatic carbocycles. The van der Waals surface area contributed by atoms with Crippen LogP contribution in [-0.2, 0) is 19.6 Å². The van der Waals surface area contributed by atoms with Gasteiger partial charge in [0, 0.05) is 31.2 Å². The number of methoxy groups -OCH3 is 2. The minimum absolute atomic E-state index is 0.113. The van der Waals surface area contributed by atoms with Gasteiger partial charge < -0.3 is 24.4 Å². The number of ether oxygens (including phenoxy) is 3. The van der Waals surface area contributed by atoms with Crippen molar-refractivity contribution in [2.45, 2.75) is 61.9 Å². The van der Waals surface area contributed by atoms with Gasteiger partial charge in [-0.2, -0.15) is 4.31 Å². The van der Waals surface area contributed by atoms with E-state index in [1.165, 1.54) is 36.7 Å². The number of carbonyl (C=O) groups is 1. The molecule has 1 saturated carbocycles. The van der Waals surface area contributed by atoms with Gasteiger partial charge in [0.15, 0.2) is 11.5 Å². The van der Waals surface area contributed by atoms with E-state index >= 15 is 0 Å². The summed E-state index contributed by atoms with van der Waals surface area (Å²) < 4.78 is 58.7. The molecule has 0 aromatic heterocycles. The Hall–Kier alpha value is -2.73. The van der Waals surface area contributed by atoms with E-state index in [0.29, 0.717) is 42.8 Å². The summed E-state index contributed by atoms with van der Waals surface area (Å²) >= 11 is 0. The summed E-state index contributed by atoms with van der Waals surface area (Å²) in [5.41, 5.74) is 1.01. The van der Waals surface area contributed by atoms with E-state index in [-0.39, 0.29) is 41.9 Å². The van der Waals surface area contributed by atoms with Crippen LogP contribution in [-0.4, -0.2) is 84.2 Å². The van der Waals surface area contributed by atoms with E-state index in [9.17, 15) is 17.6 Å². The molecular formula is C32H46FN3O6S. The molecule has 238 valence electrons. The second kappa shape index (κ2) is 15.3. The van der Waals surface area contributed by atoms with Gasteiger partial charge in [-0.3, -0.25) is 4.79 Å². The lowest BCUT2D eigenvalue weighted by Gasteiger charge is -2.37. The number of hydrogen-bond donors (Lipinski definition) is 1. The second-order valence-electron chi connectivity index (χ2n) is 11.8. The number of rotatable bonds is 13. The van der Waals surface area contributed by atoms with Gasteiger partial charge in [-0.05, 0) is 94.3 Å².